The van der Waals surface area contributed by atoms with Gasteiger partial charge in [-0.2, -0.15) is 0 Å². The SMILES string of the molecule is CC1CCN(C(C)(N)Cc2ccc(N(C)C)cc2)CC1. The summed E-state index contributed by atoms with van der Waals surface area (Å²) < 4.78 is 0. The van der Waals surface area contributed by atoms with E-state index in [1.54, 1.807) is 0 Å². The summed E-state index contributed by atoms with van der Waals surface area (Å²) >= 11 is 0. The van der Waals surface area contributed by atoms with E-state index in [-0.39, 0.29) is 5.66 Å². The Balaban J connectivity index is 2.00. The second kappa shape index (κ2) is 6.15. The number of benzene rings is 1. The van der Waals surface area contributed by atoms with Gasteiger partial charge in [0.2, 0.25) is 0 Å². The lowest BCUT2D eigenvalue weighted by molar-refractivity contribution is 0.0695. The molecule has 2 N–H and O–H groups in total. The van der Waals surface area contributed by atoms with Gasteiger partial charge in [-0.25, -0.2) is 0 Å². The highest BCUT2D eigenvalue weighted by atomic mass is 15.3. The Labute approximate surface area is 123 Å². The molecule has 1 aromatic carbocycles. The summed E-state index contributed by atoms with van der Waals surface area (Å²) in [5, 5.41) is 0. The molecule has 0 radical (unpaired) electrons. The first-order valence-electron chi connectivity index (χ1n) is 7.69. The van der Waals surface area contributed by atoms with Gasteiger partial charge in [-0.15, -0.1) is 0 Å². The Morgan fingerprint density at radius 3 is 2.25 bits per heavy atom. The highest BCUT2D eigenvalue weighted by molar-refractivity contribution is 5.46. The zero-order chi connectivity index (χ0) is 14.8. The molecule has 0 saturated carbocycles. The monoisotopic (exact) mass is 275 g/mol. The van der Waals surface area contributed by atoms with E-state index in [0.29, 0.717) is 0 Å². The van der Waals surface area contributed by atoms with Gasteiger partial charge in [0, 0.05) is 39.3 Å². The van der Waals surface area contributed by atoms with Crippen molar-refractivity contribution in [1.29, 1.82) is 0 Å². The number of hydrogen-bond donors (Lipinski definition) is 1. The molecule has 0 bridgehead atoms. The third kappa shape index (κ3) is 3.74. The summed E-state index contributed by atoms with van der Waals surface area (Å²) in [4.78, 5) is 4.57. The van der Waals surface area contributed by atoms with Crippen LogP contribution in [-0.2, 0) is 6.42 Å². The summed E-state index contributed by atoms with van der Waals surface area (Å²) in [5.41, 5.74) is 8.90. The van der Waals surface area contributed by atoms with Crippen LogP contribution in [0.3, 0.4) is 0 Å². The summed E-state index contributed by atoms with van der Waals surface area (Å²) in [6.45, 7) is 6.77. The lowest BCUT2D eigenvalue weighted by atomic mass is 9.93. The minimum atomic E-state index is -0.236. The van der Waals surface area contributed by atoms with Gasteiger partial charge in [0.15, 0.2) is 0 Å². The van der Waals surface area contributed by atoms with Gasteiger partial charge >= 0.3 is 0 Å². The van der Waals surface area contributed by atoms with E-state index in [0.717, 1.165) is 25.4 Å². The van der Waals surface area contributed by atoms with Crippen LogP contribution in [0.1, 0.15) is 32.3 Å². The van der Waals surface area contributed by atoms with E-state index >= 15 is 0 Å². The van der Waals surface area contributed by atoms with Crippen LogP contribution in [0.2, 0.25) is 0 Å². The van der Waals surface area contributed by atoms with Gasteiger partial charge in [-0.1, -0.05) is 19.1 Å². The van der Waals surface area contributed by atoms with Crippen molar-refractivity contribution in [2.24, 2.45) is 11.7 Å². The first kappa shape index (κ1) is 15.3. The van der Waals surface area contributed by atoms with Crippen molar-refractivity contribution in [3.8, 4) is 0 Å². The first-order chi connectivity index (χ1) is 9.38. The molecule has 1 saturated heterocycles. The smallest absolute Gasteiger partial charge is 0.0699 e. The summed E-state index contributed by atoms with van der Waals surface area (Å²) in [7, 11) is 4.13. The molecule has 1 unspecified atom stereocenters. The summed E-state index contributed by atoms with van der Waals surface area (Å²) in [6, 6.07) is 8.74. The number of likely N-dealkylation sites (tertiary alicyclic amines) is 1. The Hall–Kier alpha value is -1.06. The average molecular weight is 275 g/mol. The molecule has 3 heteroatoms. The van der Waals surface area contributed by atoms with Crippen molar-refractivity contribution in [3.05, 3.63) is 29.8 Å². The highest BCUT2D eigenvalue weighted by Crippen LogP contribution is 2.24. The van der Waals surface area contributed by atoms with E-state index in [2.05, 4.69) is 62.0 Å². The quantitative estimate of drug-likeness (QED) is 0.917. The third-order valence-electron chi connectivity index (χ3n) is 4.52. The Bertz CT molecular complexity index is 414. The summed E-state index contributed by atoms with van der Waals surface area (Å²) in [6.07, 6.45) is 3.45. The van der Waals surface area contributed by atoms with Crippen molar-refractivity contribution < 1.29 is 0 Å². The molecule has 1 aliphatic rings. The second-order valence-corrected chi connectivity index (χ2v) is 6.76. The second-order valence-electron chi connectivity index (χ2n) is 6.76. The fourth-order valence-corrected chi connectivity index (χ4v) is 2.96. The van der Waals surface area contributed by atoms with E-state index in [9.17, 15) is 0 Å². The van der Waals surface area contributed by atoms with Gasteiger partial charge in [0.25, 0.3) is 0 Å². The van der Waals surface area contributed by atoms with Crippen LogP contribution in [-0.4, -0.2) is 37.7 Å². The van der Waals surface area contributed by atoms with Gasteiger partial charge in [0.1, 0.15) is 0 Å². The molecule has 0 spiro atoms. The topological polar surface area (TPSA) is 32.5 Å². The van der Waals surface area contributed by atoms with E-state index in [1.165, 1.54) is 24.1 Å². The zero-order valence-electron chi connectivity index (χ0n) is 13.4. The predicted molar refractivity (Wildman–Crippen MR) is 87.0 cm³/mol. The van der Waals surface area contributed by atoms with Crippen LogP contribution in [0.15, 0.2) is 24.3 Å². The van der Waals surface area contributed by atoms with Crippen molar-refractivity contribution in [2.45, 2.75) is 38.8 Å². The minimum Gasteiger partial charge on any atom is -0.378 e. The van der Waals surface area contributed by atoms with E-state index in [1.807, 2.05) is 0 Å². The highest BCUT2D eigenvalue weighted by Gasteiger charge is 2.30. The van der Waals surface area contributed by atoms with Crippen LogP contribution in [0.4, 0.5) is 5.69 Å². The van der Waals surface area contributed by atoms with Crippen LogP contribution in [0.25, 0.3) is 0 Å². The zero-order valence-corrected chi connectivity index (χ0v) is 13.4. The fourth-order valence-electron chi connectivity index (χ4n) is 2.96. The van der Waals surface area contributed by atoms with Crippen molar-refractivity contribution in [3.63, 3.8) is 0 Å². The lowest BCUT2D eigenvalue weighted by Gasteiger charge is -2.42. The Morgan fingerprint density at radius 2 is 1.75 bits per heavy atom. The van der Waals surface area contributed by atoms with E-state index in [4.69, 9.17) is 5.73 Å². The van der Waals surface area contributed by atoms with E-state index < -0.39 is 0 Å². The van der Waals surface area contributed by atoms with Crippen LogP contribution in [0.5, 0.6) is 0 Å². The van der Waals surface area contributed by atoms with Crippen LogP contribution < -0.4 is 10.6 Å². The molecule has 20 heavy (non-hydrogen) atoms. The van der Waals surface area contributed by atoms with Crippen LogP contribution >= 0.6 is 0 Å². The van der Waals surface area contributed by atoms with Gasteiger partial charge in [0.05, 0.1) is 5.66 Å². The molecule has 2 rings (SSSR count). The minimum absolute atomic E-state index is 0.236. The molecule has 1 fully saturated rings. The van der Waals surface area contributed by atoms with Crippen molar-refractivity contribution >= 4 is 5.69 Å². The largest absolute Gasteiger partial charge is 0.378 e. The number of piperidine rings is 1. The number of anilines is 1. The maximum absolute atomic E-state index is 6.58. The molecule has 3 nitrogen and oxygen atoms in total. The molecule has 0 aliphatic carbocycles. The van der Waals surface area contributed by atoms with Gasteiger partial charge in [-0.05, 0) is 43.4 Å². The Morgan fingerprint density at radius 1 is 1.20 bits per heavy atom. The predicted octanol–water partition coefficient (Wildman–Crippen LogP) is 2.70. The van der Waals surface area contributed by atoms with Gasteiger partial charge in [-0.3, -0.25) is 4.90 Å². The molecular formula is C17H29N3. The number of nitrogens with two attached hydrogens (primary N) is 1. The molecule has 0 aromatic heterocycles. The third-order valence-corrected chi connectivity index (χ3v) is 4.52. The fraction of sp³-hybridized carbons (Fsp3) is 0.647. The molecule has 1 aliphatic heterocycles. The lowest BCUT2D eigenvalue weighted by Crippen LogP contribution is -2.57. The number of rotatable bonds is 4. The standard InChI is InChI=1S/C17H29N3/c1-14-9-11-20(12-10-14)17(2,18)13-15-5-7-16(8-6-15)19(3)4/h5-8,14H,9-13,18H2,1-4H3. The molecule has 112 valence electrons. The van der Waals surface area contributed by atoms with Crippen molar-refractivity contribution in [1.82, 2.24) is 4.90 Å². The molecule has 1 atom stereocenters. The summed E-state index contributed by atoms with van der Waals surface area (Å²) in [5.74, 6) is 0.849. The maximum atomic E-state index is 6.58. The molecular weight excluding hydrogens is 246 g/mol. The molecule has 0 amide bonds. The molecule has 1 aromatic rings. The van der Waals surface area contributed by atoms with Crippen LogP contribution in [0, 0.1) is 5.92 Å². The maximum Gasteiger partial charge on any atom is 0.0699 e. The normalized spacial score (nSPS) is 20.6. The number of nitrogens with zero attached hydrogens (tertiary/aromatic N) is 2. The molecule has 1 heterocycles. The van der Waals surface area contributed by atoms with Gasteiger partial charge < -0.3 is 10.6 Å². The van der Waals surface area contributed by atoms with Crippen molar-refractivity contribution in [2.75, 3.05) is 32.1 Å². The Kier molecular flexibility index (Phi) is 4.71. The number of hydrogen-bond acceptors (Lipinski definition) is 3. The first-order valence-corrected chi connectivity index (χ1v) is 7.69. The average Bonchev–Trinajstić information content (AvgIpc) is 2.39.